The molecule has 0 N–H and O–H groups in total. The SMILES string of the molecule is O=C1c2ccccc2C(=O)c2cc3c(cc21)C1C3[C@@]2(c3ccccc3)O[C@]1(c1ccccc1)c1ccccc12. The van der Waals surface area contributed by atoms with E-state index >= 15 is 0 Å². The second-order valence-electron chi connectivity index (χ2n) is 11.0. The Morgan fingerprint density at radius 3 is 1.28 bits per heavy atom. The largest absolute Gasteiger partial charge is 0.348 e. The molecule has 1 fully saturated rings. The topological polar surface area (TPSA) is 43.4 Å². The lowest BCUT2D eigenvalue weighted by molar-refractivity contribution is -0.0452. The van der Waals surface area contributed by atoms with Crippen LogP contribution in [0, 0.1) is 0 Å². The van der Waals surface area contributed by atoms with Gasteiger partial charge in [-0.15, -0.1) is 0 Å². The van der Waals surface area contributed by atoms with Crippen molar-refractivity contribution < 1.29 is 14.3 Å². The van der Waals surface area contributed by atoms with Crippen LogP contribution in [0.1, 0.15) is 77.1 Å². The molecule has 9 rings (SSSR count). The normalized spacial score (nSPS) is 26.7. The fourth-order valence-electron chi connectivity index (χ4n) is 8.00. The summed E-state index contributed by atoms with van der Waals surface area (Å²) in [5.74, 6) is -0.143. The van der Waals surface area contributed by atoms with Gasteiger partial charge in [-0.1, -0.05) is 109 Å². The average Bonchev–Trinajstić information content (AvgIpc) is 3.45. The van der Waals surface area contributed by atoms with E-state index in [4.69, 9.17) is 4.74 Å². The first-order chi connectivity index (χ1) is 19.2. The van der Waals surface area contributed by atoms with Gasteiger partial charge in [0.2, 0.25) is 0 Å². The number of benzene rings is 5. The van der Waals surface area contributed by atoms with E-state index < -0.39 is 11.2 Å². The van der Waals surface area contributed by atoms with Gasteiger partial charge in [0.05, 0.1) is 0 Å². The van der Waals surface area contributed by atoms with Crippen molar-refractivity contribution in [1.82, 2.24) is 0 Å². The Kier molecular flexibility index (Phi) is 3.87. The van der Waals surface area contributed by atoms with E-state index in [1.54, 1.807) is 12.1 Å². The van der Waals surface area contributed by atoms with Crippen molar-refractivity contribution >= 4 is 11.6 Å². The summed E-state index contributed by atoms with van der Waals surface area (Å²) in [6.45, 7) is 0. The highest BCUT2D eigenvalue weighted by Gasteiger charge is 2.75. The fraction of sp³-hybridized carbons (Fsp3) is 0.111. The predicted molar refractivity (Wildman–Crippen MR) is 147 cm³/mol. The number of rotatable bonds is 2. The Bertz CT molecular complexity index is 1750. The summed E-state index contributed by atoms with van der Waals surface area (Å²) in [5, 5.41) is 0. The number of fused-ring (bicyclic) bond motifs is 13. The molecule has 0 spiro atoms. The Labute approximate surface area is 225 Å². The molecule has 4 atom stereocenters. The molecule has 3 heteroatoms. The first-order valence-corrected chi connectivity index (χ1v) is 13.4. The highest BCUT2D eigenvalue weighted by Crippen LogP contribution is 2.78. The lowest BCUT2D eigenvalue weighted by atomic mass is 9.49. The zero-order chi connectivity index (χ0) is 25.9. The van der Waals surface area contributed by atoms with Crippen LogP contribution < -0.4 is 0 Å². The Balaban J connectivity index is 1.36. The Hall–Kier alpha value is -4.60. The zero-order valence-electron chi connectivity index (χ0n) is 20.9. The molecule has 2 aliphatic carbocycles. The second kappa shape index (κ2) is 7.07. The average molecular weight is 503 g/mol. The molecule has 0 amide bonds. The van der Waals surface area contributed by atoms with E-state index in [0.29, 0.717) is 22.3 Å². The number of hydrogen-bond donors (Lipinski definition) is 0. The van der Waals surface area contributed by atoms with Gasteiger partial charge >= 0.3 is 0 Å². The van der Waals surface area contributed by atoms with E-state index in [0.717, 1.165) is 22.3 Å². The van der Waals surface area contributed by atoms with Crippen molar-refractivity contribution in [3.05, 3.63) is 177 Å². The number of carbonyl (C=O) groups excluding carboxylic acids is 2. The summed E-state index contributed by atoms with van der Waals surface area (Å²) in [6.07, 6.45) is 0. The third-order valence-corrected chi connectivity index (χ3v) is 9.46. The smallest absolute Gasteiger partial charge is 0.194 e. The van der Waals surface area contributed by atoms with Crippen LogP contribution in [0.4, 0.5) is 0 Å². The van der Waals surface area contributed by atoms with Gasteiger partial charge in [-0.05, 0) is 45.5 Å². The van der Waals surface area contributed by atoms with Crippen molar-refractivity contribution in [3.8, 4) is 0 Å². The van der Waals surface area contributed by atoms with Crippen LogP contribution in [0.2, 0.25) is 0 Å². The molecule has 0 saturated carbocycles. The maximum absolute atomic E-state index is 13.6. The van der Waals surface area contributed by atoms with E-state index in [9.17, 15) is 9.59 Å². The van der Waals surface area contributed by atoms with E-state index in [1.165, 1.54) is 11.1 Å². The van der Waals surface area contributed by atoms with Crippen LogP contribution in [0.5, 0.6) is 0 Å². The minimum atomic E-state index is -0.695. The van der Waals surface area contributed by atoms with Crippen LogP contribution in [0.3, 0.4) is 0 Å². The van der Waals surface area contributed by atoms with Gasteiger partial charge in [-0.25, -0.2) is 0 Å². The van der Waals surface area contributed by atoms with Gasteiger partial charge in [-0.3, -0.25) is 9.59 Å². The van der Waals surface area contributed by atoms with Gasteiger partial charge in [-0.2, -0.15) is 0 Å². The number of ether oxygens (including phenoxy) is 1. The molecule has 5 aromatic rings. The van der Waals surface area contributed by atoms with Gasteiger partial charge in [0.1, 0.15) is 11.2 Å². The molecule has 0 aromatic heterocycles. The molecule has 0 radical (unpaired) electrons. The lowest BCUT2D eigenvalue weighted by Crippen LogP contribution is -2.44. The summed E-state index contributed by atoms with van der Waals surface area (Å²) in [7, 11) is 0. The molecular weight excluding hydrogens is 480 g/mol. The van der Waals surface area contributed by atoms with Gasteiger partial charge < -0.3 is 4.74 Å². The van der Waals surface area contributed by atoms with Crippen molar-refractivity contribution in [3.63, 3.8) is 0 Å². The fourth-order valence-corrected chi connectivity index (χ4v) is 8.00. The first-order valence-electron chi connectivity index (χ1n) is 13.4. The van der Waals surface area contributed by atoms with Crippen molar-refractivity contribution in [2.24, 2.45) is 0 Å². The van der Waals surface area contributed by atoms with E-state index in [2.05, 4.69) is 72.8 Å². The third kappa shape index (κ3) is 2.31. The monoisotopic (exact) mass is 502 g/mol. The van der Waals surface area contributed by atoms with Crippen LogP contribution in [-0.4, -0.2) is 11.6 Å². The van der Waals surface area contributed by atoms with Crippen molar-refractivity contribution in [2.45, 2.75) is 23.0 Å². The van der Waals surface area contributed by atoms with E-state index in [-0.39, 0.29) is 23.4 Å². The van der Waals surface area contributed by atoms with Gasteiger partial charge in [0, 0.05) is 34.1 Å². The second-order valence-corrected chi connectivity index (χ2v) is 11.0. The maximum Gasteiger partial charge on any atom is 0.194 e. The quantitative estimate of drug-likeness (QED) is 0.259. The van der Waals surface area contributed by atoms with Crippen LogP contribution in [-0.2, 0) is 15.9 Å². The molecule has 39 heavy (non-hydrogen) atoms. The summed E-state index contributed by atoms with van der Waals surface area (Å²) in [4.78, 5) is 27.3. The summed E-state index contributed by atoms with van der Waals surface area (Å²) in [5.41, 5.74) is 7.38. The molecule has 3 nitrogen and oxygen atoms in total. The maximum atomic E-state index is 13.6. The highest BCUT2D eigenvalue weighted by atomic mass is 16.5. The van der Waals surface area contributed by atoms with Crippen molar-refractivity contribution in [1.29, 1.82) is 0 Å². The number of carbonyl (C=O) groups is 2. The number of ketones is 2. The standard InChI is InChI=1S/C36H22O3/c37-33-23-15-7-8-16-24(23)34(38)28-20-26-25(19-27(28)33)31-32(26)36(22-13-5-2-6-14-22)30-18-10-9-17-29(30)35(31,39-36)21-11-3-1-4-12-21/h1-20,31-32H/t31?,32?,35-,36+. The van der Waals surface area contributed by atoms with Gasteiger partial charge in [0.15, 0.2) is 11.6 Å². The molecule has 2 aliphatic heterocycles. The Morgan fingerprint density at radius 2 is 0.846 bits per heavy atom. The molecule has 2 unspecified atom stereocenters. The zero-order valence-corrected chi connectivity index (χ0v) is 20.9. The minimum absolute atomic E-state index is 0.00961. The minimum Gasteiger partial charge on any atom is -0.348 e. The molecule has 5 aromatic carbocycles. The highest BCUT2D eigenvalue weighted by molar-refractivity contribution is 6.28. The van der Waals surface area contributed by atoms with Crippen LogP contribution in [0.25, 0.3) is 0 Å². The molecule has 4 aliphatic rings. The van der Waals surface area contributed by atoms with Crippen LogP contribution in [0.15, 0.2) is 121 Å². The lowest BCUT2D eigenvalue weighted by Gasteiger charge is -2.49. The molecule has 184 valence electrons. The number of hydrogen-bond acceptors (Lipinski definition) is 3. The van der Waals surface area contributed by atoms with Crippen LogP contribution >= 0.6 is 0 Å². The summed E-state index contributed by atoms with van der Waals surface area (Å²) in [6, 6.07) is 40.7. The van der Waals surface area contributed by atoms with Gasteiger partial charge in [0.25, 0.3) is 0 Å². The summed E-state index contributed by atoms with van der Waals surface area (Å²) < 4.78 is 7.47. The van der Waals surface area contributed by atoms with E-state index in [1.807, 2.05) is 36.4 Å². The predicted octanol–water partition coefficient (Wildman–Crippen LogP) is 6.87. The molecule has 1 saturated heterocycles. The first kappa shape index (κ1) is 21.3. The summed E-state index contributed by atoms with van der Waals surface area (Å²) >= 11 is 0. The molecule has 2 heterocycles. The Morgan fingerprint density at radius 1 is 0.462 bits per heavy atom. The van der Waals surface area contributed by atoms with Crippen molar-refractivity contribution in [2.75, 3.05) is 0 Å². The third-order valence-electron chi connectivity index (χ3n) is 9.46. The molecule has 2 bridgehead atoms. The molecular formula is C36H22O3.